The van der Waals surface area contributed by atoms with Crippen molar-refractivity contribution in [3.8, 4) is 17.2 Å². The molecule has 0 heterocycles. The second-order valence-electron chi connectivity index (χ2n) is 5.32. The quantitative estimate of drug-likeness (QED) is 0.750. The van der Waals surface area contributed by atoms with Gasteiger partial charge in [-0.05, 0) is 35.8 Å². The van der Waals surface area contributed by atoms with Gasteiger partial charge < -0.3 is 19.5 Å². The number of benzene rings is 2. The van der Waals surface area contributed by atoms with Gasteiger partial charge in [0.15, 0.2) is 11.5 Å². The van der Waals surface area contributed by atoms with Crippen LogP contribution in [0.4, 0.5) is 0 Å². The third-order valence-electron chi connectivity index (χ3n) is 3.67. The lowest BCUT2D eigenvalue weighted by molar-refractivity contribution is -0.116. The zero-order valence-corrected chi connectivity index (χ0v) is 14.7. The second kappa shape index (κ2) is 9.37. The van der Waals surface area contributed by atoms with Gasteiger partial charge in [0.05, 0.1) is 21.3 Å². The van der Waals surface area contributed by atoms with Crippen molar-refractivity contribution in [2.45, 2.75) is 6.42 Å². The van der Waals surface area contributed by atoms with E-state index in [2.05, 4.69) is 5.32 Å². The van der Waals surface area contributed by atoms with Crippen LogP contribution in [-0.2, 0) is 11.2 Å². The number of carbonyl (C=O) groups is 1. The Morgan fingerprint density at radius 1 is 1.00 bits per heavy atom. The Bertz CT molecular complexity index is 701. The maximum Gasteiger partial charge on any atom is 0.244 e. The Morgan fingerprint density at radius 2 is 1.64 bits per heavy atom. The van der Waals surface area contributed by atoms with E-state index in [-0.39, 0.29) is 5.91 Å². The van der Waals surface area contributed by atoms with E-state index in [4.69, 9.17) is 14.2 Å². The van der Waals surface area contributed by atoms with Crippen molar-refractivity contribution in [2.75, 3.05) is 27.9 Å². The van der Waals surface area contributed by atoms with E-state index >= 15 is 0 Å². The van der Waals surface area contributed by atoms with Crippen molar-refractivity contribution in [3.05, 3.63) is 59.7 Å². The molecule has 0 spiro atoms. The highest BCUT2D eigenvalue weighted by Crippen LogP contribution is 2.38. The van der Waals surface area contributed by atoms with Crippen LogP contribution >= 0.6 is 0 Å². The number of methoxy groups -OCH3 is 3. The smallest absolute Gasteiger partial charge is 0.244 e. The van der Waals surface area contributed by atoms with E-state index in [0.717, 1.165) is 12.0 Å². The average molecular weight is 341 g/mol. The summed E-state index contributed by atoms with van der Waals surface area (Å²) in [6.45, 7) is 0.586. The highest BCUT2D eigenvalue weighted by molar-refractivity contribution is 5.91. The van der Waals surface area contributed by atoms with Crippen LogP contribution in [0.1, 0.15) is 11.1 Å². The minimum Gasteiger partial charge on any atom is -0.493 e. The van der Waals surface area contributed by atoms with Crippen LogP contribution in [-0.4, -0.2) is 33.8 Å². The molecule has 2 aromatic rings. The first-order chi connectivity index (χ1) is 12.2. The molecule has 0 atom stereocenters. The van der Waals surface area contributed by atoms with Gasteiger partial charge in [-0.2, -0.15) is 0 Å². The molecule has 0 unspecified atom stereocenters. The molecule has 0 aromatic heterocycles. The summed E-state index contributed by atoms with van der Waals surface area (Å²) in [4.78, 5) is 12.0. The molecule has 0 fully saturated rings. The minimum atomic E-state index is -0.148. The largest absolute Gasteiger partial charge is 0.493 e. The van der Waals surface area contributed by atoms with Crippen LogP contribution in [0.15, 0.2) is 48.5 Å². The maximum atomic E-state index is 12.0. The monoisotopic (exact) mass is 341 g/mol. The number of ether oxygens (including phenoxy) is 3. The number of carbonyl (C=O) groups excluding carboxylic acids is 1. The van der Waals surface area contributed by atoms with Crippen LogP contribution in [0, 0.1) is 0 Å². The van der Waals surface area contributed by atoms with Gasteiger partial charge >= 0.3 is 0 Å². The van der Waals surface area contributed by atoms with E-state index in [9.17, 15) is 4.79 Å². The Kier molecular flexibility index (Phi) is 6.89. The summed E-state index contributed by atoms with van der Waals surface area (Å²) < 4.78 is 15.9. The Morgan fingerprint density at radius 3 is 2.20 bits per heavy atom. The molecule has 0 bridgehead atoms. The van der Waals surface area contributed by atoms with Gasteiger partial charge in [0.2, 0.25) is 11.7 Å². The van der Waals surface area contributed by atoms with Gasteiger partial charge in [-0.25, -0.2) is 0 Å². The molecule has 2 rings (SSSR count). The molecule has 0 saturated carbocycles. The number of hydrogen-bond acceptors (Lipinski definition) is 4. The third kappa shape index (κ3) is 5.28. The number of hydrogen-bond donors (Lipinski definition) is 1. The number of rotatable bonds is 8. The van der Waals surface area contributed by atoms with Crippen molar-refractivity contribution in [1.82, 2.24) is 5.32 Å². The van der Waals surface area contributed by atoms with Crippen molar-refractivity contribution in [3.63, 3.8) is 0 Å². The molecule has 1 N–H and O–H groups in total. The molecule has 5 heteroatoms. The zero-order chi connectivity index (χ0) is 18.1. The molecular weight excluding hydrogens is 318 g/mol. The first-order valence-electron chi connectivity index (χ1n) is 7.97. The average Bonchev–Trinajstić information content (AvgIpc) is 2.66. The van der Waals surface area contributed by atoms with E-state index in [1.807, 2.05) is 30.3 Å². The fraction of sp³-hybridized carbons (Fsp3) is 0.250. The van der Waals surface area contributed by atoms with E-state index < -0.39 is 0 Å². The molecule has 0 aliphatic heterocycles. The lowest BCUT2D eigenvalue weighted by atomic mass is 10.1. The van der Waals surface area contributed by atoms with Gasteiger partial charge in [0.25, 0.3) is 0 Å². The minimum absolute atomic E-state index is 0.148. The predicted molar refractivity (Wildman–Crippen MR) is 98.3 cm³/mol. The van der Waals surface area contributed by atoms with Crippen LogP contribution < -0.4 is 19.5 Å². The summed E-state index contributed by atoms with van der Waals surface area (Å²) in [5, 5.41) is 2.87. The highest BCUT2D eigenvalue weighted by atomic mass is 16.5. The topological polar surface area (TPSA) is 56.8 Å². The molecule has 0 radical (unpaired) electrons. The van der Waals surface area contributed by atoms with Gasteiger partial charge in [-0.3, -0.25) is 4.79 Å². The highest BCUT2D eigenvalue weighted by Gasteiger charge is 2.12. The SMILES string of the molecule is COc1cc(/C=C/C(=O)NCCc2ccccc2)cc(OC)c1OC. The molecule has 25 heavy (non-hydrogen) atoms. The Labute approximate surface area is 148 Å². The lowest BCUT2D eigenvalue weighted by Crippen LogP contribution is -2.23. The van der Waals surface area contributed by atoms with Crippen molar-refractivity contribution in [2.24, 2.45) is 0 Å². The normalized spacial score (nSPS) is 10.5. The number of amides is 1. The Balaban J connectivity index is 1.97. The number of nitrogens with one attached hydrogen (secondary N) is 1. The standard InChI is InChI=1S/C20H23NO4/c1-23-17-13-16(14-18(24-2)20(17)25-3)9-10-19(22)21-12-11-15-7-5-4-6-8-15/h4-10,13-14H,11-12H2,1-3H3,(H,21,22)/b10-9+. The van der Waals surface area contributed by atoms with Crippen molar-refractivity contribution >= 4 is 12.0 Å². The predicted octanol–water partition coefficient (Wildman–Crippen LogP) is 3.08. The van der Waals surface area contributed by atoms with Crippen molar-refractivity contribution in [1.29, 1.82) is 0 Å². The van der Waals surface area contributed by atoms with Crippen LogP contribution in [0.5, 0.6) is 17.2 Å². The Hall–Kier alpha value is -2.95. The summed E-state index contributed by atoms with van der Waals surface area (Å²) in [6.07, 6.45) is 4.00. The second-order valence-corrected chi connectivity index (χ2v) is 5.32. The van der Waals surface area contributed by atoms with E-state index in [0.29, 0.717) is 23.8 Å². The van der Waals surface area contributed by atoms with Crippen LogP contribution in [0.3, 0.4) is 0 Å². The van der Waals surface area contributed by atoms with E-state index in [1.165, 1.54) is 11.6 Å². The first kappa shape index (κ1) is 18.4. The molecule has 0 saturated heterocycles. The molecule has 0 aliphatic carbocycles. The first-order valence-corrected chi connectivity index (χ1v) is 7.97. The van der Waals surface area contributed by atoms with Crippen LogP contribution in [0.2, 0.25) is 0 Å². The molecule has 132 valence electrons. The fourth-order valence-corrected chi connectivity index (χ4v) is 2.40. The molecule has 1 amide bonds. The summed E-state index contributed by atoms with van der Waals surface area (Å²) in [7, 11) is 4.66. The van der Waals surface area contributed by atoms with Gasteiger partial charge in [-0.1, -0.05) is 30.3 Å². The summed E-state index contributed by atoms with van der Waals surface area (Å²) in [5.41, 5.74) is 1.98. The molecule has 5 nitrogen and oxygen atoms in total. The molecular formula is C20H23NO4. The molecule has 2 aromatic carbocycles. The summed E-state index contributed by atoms with van der Waals surface area (Å²) >= 11 is 0. The van der Waals surface area contributed by atoms with E-state index in [1.54, 1.807) is 39.5 Å². The summed E-state index contributed by atoms with van der Waals surface area (Å²) in [5.74, 6) is 1.47. The zero-order valence-electron chi connectivity index (χ0n) is 14.7. The third-order valence-corrected chi connectivity index (χ3v) is 3.67. The summed E-state index contributed by atoms with van der Waals surface area (Å²) in [6, 6.07) is 13.6. The fourth-order valence-electron chi connectivity index (χ4n) is 2.40. The lowest BCUT2D eigenvalue weighted by Gasteiger charge is -2.12. The van der Waals surface area contributed by atoms with Gasteiger partial charge in [0, 0.05) is 12.6 Å². The molecule has 0 aliphatic rings. The van der Waals surface area contributed by atoms with Gasteiger partial charge in [-0.15, -0.1) is 0 Å². The van der Waals surface area contributed by atoms with Gasteiger partial charge in [0.1, 0.15) is 0 Å². The van der Waals surface area contributed by atoms with Crippen LogP contribution in [0.25, 0.3) is 6.08 Å². The van der Waals surface area contributed by atoms with Crippen molar-refractivity contribution < 1.29 is 19.0 Å². The maximum absolute atomic E-state index is 12.0.